The van der Waals surface area contributed by atoms with Gasteiger partial charge in [-0.1, -0.05) is 12.1 Å². The van der Waals surface area contributed by atoms with Crippen molar-refractivity contribution in [2.75, 3.05) is 7.11 Å². The molecule has 0 saturated carbocycles. The zero-order valence-electron chi connectivity index (χ0n) is 12.8. The maximum absolute atomic E-state index is 12.1. The second-order valence-corrected chi connectivity index (χ2v) is 5.03. The van der Waals surface area contributed by atoms with Crippen LogP contribution in [0.1, 0.15) is 16.1 Å². The molecule has 1 aromatic heterocycles. The Labute approximate surface area is 137 Å². The van der Waals surface area contributed by atoms with E-state index in [0.717, 1.165) is 5.39 Å². The van der Waals surface area contributed by atoms with Crippen molar-refractivity contribution in [2.45, 2.75) is 0 Å². The predicted molar refractivity (Wildman–Crippen MR) is 89.2 cm³/mol. The number of ketones is 1. The molecule has 0 aliphatic heterocycles. The van der Waals surface area contributed by atoms with Crippen molar-refractivity contribution < 1.29 is 18.9 Å². The van der Waals surface area contributed by atoms with Crippen LogP contribution in [0.4, 0.5) is 5.69 Å². The molecule has 0 N–H and O–H groups in total. The van der Waals surface area contributed by atoms with E-state index in [1.165, 1.54) is 30.3 Å². The summed E-state index contributed by atoms with van der Waals surface area (Å²) < 4.78 is 10.9. The van der Waals surface area contributed by atoms with E-state index >= 15 is 0 Å². The summed E-state index contributed by atoms with van der Waals surface area (Å²) in [6, 6.07) is 12.8. The van der Waals surface area contributed by atoms with Gasteiger partial charge in [0.2, 0.25) is 0 Å². The fraction of sp³-hybridized carbons (Fsp3) is 0.0556. The molecule has 3 aromatic rings. The number of nitro groups is 1. The van der Waals surface area contributed by atoms with Gasteiger partial charge in [-0.05, 0) is 36.4 Å². The zero-order chi connectivity index (χ0) is 17.1. The lowest BCUT2D eigenvalue weighted by Gasteiger charge is -1.98. The van der Waals surface area contributed by atoms with Gasteiger partial charge in [-0.15, -0.1) is 0 Å². The van der Waals surface area contributed by atoms with Crippen LogP contribution < -0.4 is 4.74 Å². The molecule has 6 heteroatoms. The first-order valence-electron chi connectivity index (χ1n) is 7.12. The third-order valence-corrected chi connectivity index (χ3v) is 3.51. The highest BCUT2D eigenvalue weighted by atomic mass is 16.6. The van der Waals surface area contributed by atoms with E-state index in [9.17, 15) is 14.9 Å². The molecule has 0 saturated heterocycles. The minimum Gasteiger partial charge on any atom is -0.493 e. The second kappa shape index (κ2) is 6.37. The number of hydrogen-bond donors (Lipinski definition) is 0. The largest absolute Gasteiger partial charge is 0.493 e. The van der Waals surface area contributed by atoms with Crippen LogP contribution in [-0.2, 0) is 0 Å². The molecule has 3 rings (SSSR count). The van der Waals surface area contributed by atoms with Crippen molar-refractivity contribution in [3.05, 3.63) is 76.0 Å². The van der Waals surface area contributed by atoms with Gasteiger partial charge in [0.05, 0.1) is 12.0 Å². The molecule has 0 unspecified atom stereocenters. The fourth-order valence-corrected chi connectivity index (χ4v) is 2.30. The summed E-state index contributed by atoms with van der Waals surface area (Å²) in [5.74, 6) is 0.871. The Morgan fingerprint density at radius 1 is 1.21 bits per heavy atom. The molecule has 0 fully saturated rings. The van der Waals surface area contributed by atoms with Crippen molar-refractivity contribution in [2.24, 2.45) is 0 Å². The smallest absolute Gasteiger partial charge is 0.269 e. The molecule has 24 heavy (non-hydrogen) atoms. The average molecular weight is 323 g/mol. The standard InChI is InChI=1S/C18H13NO5/c1-23-17-4-2-3-13-11-15(24-18(13)17)9-10-16(20)12-5-7-14(8-6-12)19(21)22/h2-11H,1H3/b10-9+. The second-order valence-electron chi connectivity index (χ2n) is 5.03. The van der Waals surface area contributed by atoms with E-state index in [2.05, 4.69) is 0 Å². The molecule has 1 heterocycles. The monoisotopic (exact) mass is 323 g/mol. The molecule has 6 nitrogen and oxygen atoms in total. The highest BCUT2D eigenvalue weighted by Gasteiger charge is 2.09. The summed E-state index contributed by atoms with van der Waals surface area (Å²) in [7, 11) is 1.56. The molecule has 0 bridgehead atoms. The number of hydrogen-bond acceptors (Lipinski definition) is 5. The van der Waals surface area contributed by atoms with Crippen molar-refractivity contribution in [3.8, 4) is 5.75 Å². The quantitative estimate of drug-likeness (QED) is 0.303. The maximum Gasteiger partial charge on any atom is 0.269 e. The lowest BCUT2D eigenvalue weighted by atomic mass is 10.1. The molecular formula is C18H13NO5. The van der Waals surface area contributed by atoms with Gasteiger partial charge in [-0.3, -0.25) is 14.9 Å². The first kappa shape index (κ1) is 15.5. The van der Waals surface area contributed by atoms with Gasteiger partial charge in [-0.25, -0.2) is 0 Å². The zero-order valence-corrected chi connectivity index (χ0v) is 12.8. The highest BCUT2D eigenvalue weighted by Crippen LogP contribution is 2.29. The van der Waals surface area contributed by atoms with E-state index in [4.69, 9.17) is 9.15 Å². The summed E-state index contributed by atoms with van der Waals surface area (Å²) in [5, 5.41) is 11.5. The number of benzene rings is 2. The van der Waals surface area contributed by atoms with Crippen LogP contribution in [0.15, 0.2) is 59.0 Å². The number of allylic oxidation sites excluding steroid dienone is 1. The highest BCUT2D eigenvalue weighted by molar-refractivity contribution is 6.07. The maximum atomic E-state index is 12.1. The van der Waals surface area contributed by atoms with Gasteiger partial charge in [0, 0.05) is 23.1 Å². The van der Waals surface area contributed by atoms with Crippen molar-refractivity contribution in [1.29, 1.82) is 0 Å². The molecule has 0 aliphatic carbocycles. The number of rotatable bonds is 5. The van der Waals surface area contributed by atoms with E-state index < -0.39 is 4.92 Å². The van der Waals surface area contributed by atoms with Gasteiger partial charge >= 0.3 is 0 Å². The van der Waals surface area contributed by atoms with E-state index in [1.54, 1.807) is 25.3 Å². The lowest BCUT2D eigenvalue weighted by Crippen LogP contribution is -1.95. The van der Waals surface area contributed by atoms with Crippen LogP contribution >= 0.6 is 0 Å². The summed E-state index contributed by atoms with van der Waals surface area (Å²) in [4.78, 5) is 22.2. The number of ether oxygens (including phenoxy) is 1. The minimum absolute atomic E-state index is 0.0556. The number of non-ortho nitro benzene ring substituents is 1. The number of methoxy groups -OCH3 is 1. The number of carbonyl (C=O) groups excluding carboxylic acids is 1. The first-order chi connectivity index (χ1) is 11.6. The Kier molecular flexibility index (Phi) is 4.11. The third-order valence-electron chi connectivity index (χ3n) is 3.51. The average Bonchev–Trinajstić information content (AvgIpc) is 3.02. The number of carbonyl (C=O) groups is 1. The van der Waals surface area contributed by atoms with Crippen LogP contribution in [0.2, 0.25) is 0 Å². The van der Waals surface area contributed by atoms with Crippen molar-refractivity contribution >= 4 is 28.5 Å². The summed E-state index contributed by atoms with van der Waals surface area (Å²) in [6.45, 7) is 0. The topological polar surface area (TPSA) is 82.6 Å². The lowest BCUT2D eigenvalue weighted by molar-refractivity contribution is -0.384. The van der Waals surface area contributed by atoms with Crippen molar-refractivity contribution in [1.82, 2.24) is 0 Å². The molecular weight excluding hydrogens is 310 g/mol. The SMILES string of the molecule is COc1cccc2cc(/C=C/C(=O)c3ccc([N+](=O)[O-])cc3)oc12. The van der Waals surface area contributed by atoms with Crippen LogP contribution in [0, 0.1) is 10.1 Å². The van der Waals surface area contributed by atoms with Crippen LogP contribution in [0.5, 0.6) is 5.75 Å². The molecule has 0 amide bonds. The van der Waals surface area contributed by atoms with Gasteiger partial charge in [-0.2, -0.15) is 0 Å². The predicted octanol–water partition coefficient (Wildman–Crippen LogP) is 4.25. The van der Waals surface area contributed by atoms with Gasteiger partial charge < -0.3 is 9.15 Å². The Balaban J connectivity index is 1.82. The summed E-state index contributed by atoms with van der Waals surface area (Å²) >= 11 is 0. The normalized spacial score (nSPS) is 11.0. The molecule has 0 spiro atoms. The van der Waals surface area contributed by atoms with E-state index in [-0.39, 0.29) is 11.5 Å². The Hall–Kier alpha value is -3.41. The van der Waals surface area contributed by atoms with Gasteiger partial charge in [0.15, 0.2) is 17.1 Å². The summed E-state index contributed by atoms with van der Waals surface area (Å²) in [6.07, 6.45) is 2.93. The third kappa shape index (κ3) is 3.03. The Morgan fingerprint density at radius 3 is 2.62 bits per heavy atom. The first-order valence-corrected chi connectivity index (χ1v) is 7.12. The number of para-hydroxylation sites is 1. The Bertz CT molecular complexity index is 938. The molecule has 0 atom stereocenters. The summed E-state index contributed by atoms with van der Waals surface area (Å²) in [5.41, 5.74) is 0.924. The molecule has 0 aliphatic rings. The molecule has 0 radical (unpaired) electrons. The number of nitrogens with zero attached hydrogens (tertiary/aromatic N) is 1. The Morgan fingerprint density at radius 2 is 1.96 bits per heavy atom. The molecule has 120 valence electrons. The number of nitro benzene ring substituents is 1. The van der Waals surface area contributed by atoms with E-state index in [1.807, 2.05) is 12.1 Å². The number of fused-ring (bicyclic) bond motifs is 1. The van der Waals surface area contributed by atoms with Gasteiger partial charge in [0.1, 0.15) is 5.76 Å². The number of furan rings is 1. The van der Waals surface area contributed by atoms with Crippen LogP contribution in [0.25, 0.3) is 17.0 Å². The fourth-order valence-electron chi connectivity index (χ4n) is 2.30. The van der Waals surface area contributed by atoms with E-state index in [0.29, 0.717) is 22.7 Å². The van der Waals surface area contributed by atoms with Crippen LogP contribution in [-0.4, -0.2) is 17.8 Å². The minimum atomic E-state index is -0.508. The molecule has 2 aromatic carbocycles. The van der Waals surface area contributed by atoms with Crippen molar-refractivity contribution in [3.63, 3.8) is 0 Å². The van der Waals surface area contributed by atoms with Gasteiger partial charge in [0.25, 0.3) is 5.69 Å². The van der Waals surface area contributed by atoms with Crippen LogP contribution in [0.3, 0.4) is 0 Å².